The van der Waals surface area contributed by atoms with Crippen LogP contribution in [0.15, 0.2) is 24.4 Å². The van der Waals surface area contributed by atoms with Crippen LogP contribution in [0.1, 0.15) is 70.6 Å². The maximum Gasteiger partial charge on any atom is 0.270 e. The van der Waals surface area contributed by atoms with E-state index in [9.17, 15) is 4.79 Å². The summed E-state index contributed by atoms with van der Waals surface area (Å²) in [5.74, 6) is -0.0404. The molecule has 126 valence electrons. The number of amides is 1. The highest BCUT2D eigenvalue weighted by Crippen LogP contribution is 2.27. The van der Waals surface area contributed by atoms with Gasteiger partial charge >= 0.3 is 0 Å². The number of fused-ring (bicyclic) bond motifs is 1. The molecule has 0 spiro atoms. The zero-order chi connectivity index (χ0) is 17.3. The third-order valence-electron chi connectivity index (χ3n) is 3.73. The molecule has 0 saturated heterocycles. The number of imidazole rings is 1. The summed E-state index contributed by atoms with van der Waals surface area (Å²) in [6, 6.07) is 5.82. The quantitative estimate of drug-likeness (QED) is 0.897. The Balaban J connectivity index is 2.35. The molecule has 0 fully saturated rings. The van der Waals surface area contributed by atoms with Crippen LogP contribution in [-0.2, 0) is 6.42 Å². The Hall–Kier alpha value is -1.84. The molecule has 0 aromatic carbocycles. The fourth-order valence-electron chi connectivity index (χ4n) is 3.43. The summed E-state index contributed by atoms with van der Waals surface area (Å²) < 4.78 is 1.90. The van der Waals surface area contributed by atoms with E-state index >= 15 is 0 Å². The molecule has 2 rings (SSSR count). The molecule has 23 heavy (non-hydrogen) atoms. The second-order valence-corrected chi connectivity index (χ2v) is 8.16. The average Bonchev–Trinajstić information content (AvgIpc) is 2.73. The smallest absolute Gasteiger partial charge is 0.270 e. The van der Waals surface area contributed by atoms with Crippen molar-refractivity contribution in [3.8, 4) is 0 Å². The highest BCUT2D eigenvalue weighted by molar-refractivity contribution is 5.95. The molecule has 2 aromatic heterocycles. The van der Waals surface area contributed by atoms with Gasteiger partial charge in [0.05, 0.1) is 5.69 Å². The first kappa shape index (κ1) is 17.5. The Morgan fingerprint density at radius 1 is 1.22 bits per heavy atom. The SMILES string of the molecule is CCCc1nc2ccccn2c1C(=O)NC(C)(C)CC(C)(C)C. The van der Waals surface area contributed by atoms with Gasteiger partial charge in [-0.3, -0.25) is 9.20 Å². The van der Waals surface area contributed by atoms with Gasteiger partial charge in [-0.05, 0) is 44.2 Å². The predicted molar refractivity (Wildman–Crippen MR) is 94.8 cm³/mol. The third kappa shape index (κ3) is 4.34. The van der Waals surface area contributed by atoms with Crippen molar-refractivity contribution >= 4 is 11.6 Å². The first-order chi connectivity index (χ1) is 10.6. The summed E-state index contributed by atoms with van der Waals surface area (Å²) in [5.41, 5.74) is 2.27. The largest absolute Gasteiger partial charge is 0.346 e. The minimum absolute atomic E-state index is 0.0404. The Morgan fingerprint density at radius 3 is 2.52 bits per heavy atom. The van der Waals surface area contributed by atoms with E-state index < -0.39 is 0 Å². The van der Waals surface area contributed by atoms with Crippen LogP contribution in [0.5, 0.6) is 0 Å². The zero-order valence-corrected chi connectivity index (χ0v) is 15.2. The van der Waals surface area contributed by atoms with Gasteiger partial charge in [-0.2, -0.15) is 0 Å². The van der Waals surface area contributed by atoms with E-state index in [1.807, 2.05) is 28.8 Å². The van der Waals surface area contributed by atoms with Crippen molar-refractivity contribution in [3.63, 3.8) is 0 Å². The average molecular weight is 315 g/mol. The molecule has 0 bridgehead atoms. The Labute approximate surface area is 139 Å². The van der Waals surface area contributed by atoms with Gasteiger partial charge in [-0.1, -0.05) is 40.2 Å². The molecule has 0 aliphatic rings. The lowest BCUT2D eigenvalue weighted by Crippen LogP contribution is -2.46. The fraction of sp³-hybridized carbons (Fsp3) is 0.579. The molecular formula is C19H29N3O. The van der Waals surface area contributed by atoms with Gasteiger partial charge < -0.3 is 5.32 Å². The zero-order valence-electron chi connectivity index (χ0n) is 15.2. The highest BCUT2D eigenvalue weighted by Gasteiger charge is 2.29. The summed E-state index contributed by atoms with van der Waals surface area (Å²) in [6.45, 7) is 12.8. The second kappa shape index (κ2) is 6.34. The van der Waals surface area contributed by atoms with Crippen molar-refractivity contribution < 1.29 is 4.79 Å². The van der Waals surface area contributed by atoms with Gasteiger partial charge in [0.25, 0.3) is 5.91 Å². The molecule has 1 N–H and O–H groups in total. The molecule has 0 aliphatic heterocycles. The summed E-state index contributed by atoms with van der Waals surface area (Å²) >= 11 is 0. The lowest BCUT2D eigenvalue weighted by atomic mass is 9.81. The van der Waals surface area contributed by atoms with Crippen LogP contribution in [-0.4, -0.2) is 20.8 Å². The lowest BCUT2D eigenvalue weighted by molar-refractivity contribution is 0.0884. The number of carbonyl (C=O) groups is 1. The van der Waals surface area contributed by atoms with Crippen LogP contribution in [0.2, 0.25) is 0 Å². The highest BCUT2D eigenvalue weighted by atomic mass is 16.2. The topological polar surface area (TPSA) is 46.4 Å². The molecule has 4 nitrogen and oxygen atoms in total. The van der Waals surface area contributed by atoms with Crippen LogP contribution in [0.25, 0.3) is 5.65 Å². The number of carbonyl (C=O) groups excluding carboxylic acids is 1. The Kier molecular flexibility index (Phi) is 4.83. The van der Waals surface area contributed by atoms with Gasteiger partial charge in [0.15, 0.2) is 0 Å². The van der Waals surface area contributed by atoms with E-state index in [0.717, 1.165) is 30.6 Å². The van der Waals surface area contributed by atoms with E-state index in [0.29, 0.717) is 5.69 Å². The minimum atomic E-state index is -0.266. The Morgan fingerprint density at radius 2 is 1.91 bits per heavy atom. The third-order valence-corrected chi connectivity index (χ3v) is 3.73. The molecular weight excluding hydrogens is 286 g/mol. The number of aromatic nitrogens is 2. The van der Waals surface area contributed by atoms with Crippen LogP contribution >= 0.6 is 0 Å². The lowest BCUT2D eigenvalue weighted by Gasteiger charge is -2.33. The van der Waals surface area contributed by atoms with Crippen molar-refractivity contribution in [2.75, 3.05) is 0 Å². The molecule has 4 heteroatoms. The van der Waals surface area contributed by atoms with E-state index in [1.165, 1.54) is 0 Å². The molecule has 2 aromatic rings. The van der Waals surface area contributed by atoms with E-state index in [4.69, 9.17) is 0 Å². The predicted octanol–water partition coefficient (Wildman–Crippen LogP) is 4.23. The fourth-order valence-corrected chi connectivity index (χ4v) is 3.43. The number of nitrogens with one attached hydrogen (secondary N) is 1. The van der Waals surface area contributed by atoms with Crippen LogP contribution in [0, 0.1) is 5.41 Å². The second-order valence-electron chi connectivity index (χ2n) is 8.16. The molecule has 2 heterocycles. The maximum atomic E-state index is 12.9. The minimum Gasteiger partial charge on any atom is -0.346 e. The summed E-state index contributed by atoms with van der Waals surface area (Å²) in [7, 11) is 0. The molecule has 0 atom stereocenters. The summed E-state index contributed by atoms with van der Waals surface area (Å²) in [4.78, 5) is 17.6. The van der Waals surface area contributed by atoms with E-state index in [-0.39, 0.29) is 16.9 Å². The van der Waals surface area contributed by atoms with E-state index in [2.05, 4.69) is 51.8 Å². The number of hydrogen-bond donors (Lipinski definition) is 1. The van der Waals surface area contributed by atoms with Crippen molar-refractivity contribution in [1.82, 2.24) is 14.7 Å². The number of aryl methyl sites for hydroxylation is 1. The first-order valence-electron chi connectivity index (χ1n) is 8.41. The van der Waals surface area contributed by atoms with Gasteiger partial charge in [-0.25, -0.2) is 4.98 Å². The van der Waals surface area contributed by atoms with Gasteiger partial charge in [0.2, 0.25) is 0 Å². The first-order valence-corrected chi connectivity index (χ1v) is 8.41. The molecule has 0 unspecified atom stereocenters. The van der Waals surface area contributed by atoms with Crippen molar-refractivity contribution in [2.24, 2.45) is 5.41 Å². The number of rotatable bonds is 5. The molecule has 0 radical (unpaired) electrons. The summed E-state index contributed by atoms with van der Waals surface area (Å²) in [5, 5.41) is 3.21. The number of nitrogens with zero attached hydrogens (tertiary/aromatic N) is 2. The van der Waals surface area contributed by atoms with Crippen molar-refractivity contribution in [2.45, 2.75) is 66.3 Å². The normalized spacial score (nSPS) is 12.6. The molecule has 1 amide bonds. The summed E-state index contributed by atoms with van der Waals surface area (Å²) in [6.07, 6.45) is 4.60. The Bertz CT molecular complexity index is 692. The van der Waals surface area contributed by atoms with E-state index in [1.54, 1.807) is 0 Å². The van der Waals surface area contributed by atoms with Crippen molar-refractivity contribution in [1.29, 1.82) is 0 Å². The van der Waals surface area contributed by atoms with Gasteiger partial charge in [-0.15, -0.1) is 0 Å². The van der Waals surface area contributed by atoms with Crippen LogP contribution in [0.3, 0.4) is 0 Å². The van der Waals surface area contributed by atoms with Crippen molar-refractivity contribution in [3.05, 3.63) is 35.8 Å². The molecule has 0 aliphatic carbocycles. The maximum absolute atomic E-state index is 12.9. The van der Waals surface area contributed by atoms with Crippen LogP contribution < -0.4 is 5.32 Å². The van der Waals surface area contributed by atoms with Gasteiger partial charge in [0, 0.05) is 11.7 Å². The number of pyridine rings is 1. The van der Waals surface area contributed by atoms with Gasteiger partial charge in [0.1, 0.15) is 11.3 Å². The van der Waals surface area contributed by atoms with Crippen LogP contribution in [0.4, 0.5) is 0 Å². The molecule has 0 saturated carbocycles. The number of hydrogen-bond acceptors (Lipinski definition) is 2. The standard InChI is InChI=1S/C19H29N3O/c1-7-10-14-16(22-12-9-8-11-15(22)20-14)17(23)21-19(5,6)13-18(2,3)4/h8-9,11-12H,7,10,13H2,1-6H3,(H,21,23). The monoisotopic (exact) mass is 315 g/mol.